The summed E-state index contributed by atoms with van der Waals surface area (Å²) < 4.78 is 2.00. The molecule has 1 N–H and O–H groups in total. The number of nitrogens with one attached hydrogen (secondary N) is 1. The number of nitro benzene ring substituents is 1. The summed E-state index contributed by atoms with van der Waals surface area (Å²) in [5.74, 6) is 7.10. The fourth-order valence-corrected chi connectivity index (χ4v) is 3.74. The van der Waals surface area contributed by atoms with Crippen LogP contribution in [0.2, 0.25) is 0 Å². The predicted octanol–water partition coefficient (Wildman–Crippen LogP) is 4.98. The van der Waals surface area contributed by atoms with Crippen molar-refractivity contribution in [3.05, 3.63) is 75.5 Å². The molecular weight excluding hydrogens is 398 g/mol. The molecule has 3 aromatic heterocycles. The van der Waals surface area contributed by atoms with Crippen LogP contribution < -0.4 is 5.32 Å². The van der Waals surface area contributed by atoms with Gasteiger partial charge in [-0.2, -0.15) is 0 Å². The number of aromatic nitrogens is 3. The van der Waals surface area contributed by atoms with E-state index in [1.807, 2.05) is 22.7 Å². The van der Waals surface area contributed by atoms with Gasteiger partial charge in [-0.1, -0.05) is 11.8 Å². The molecule has 0 radical (unpaired) electrons. The lowest BCUT2D eigenvalue weighted by molar-refractivity contribution is -0.384. The van der Waals surface area contributed by atoms with Gasteiger partial charge < -0.3 is 5.32 Å². The summed E-state index contributed by atoms with van der Waals surface area (Å²) in [6.07, 6.45) is 5.37. The number of non-ortho nitro benzene ring substituents is 1. The second-order valence-electron chi connectivity index (χ2n) is 7.71. The monoisotopic (exact) mass is 417 g/mol. The van der Waals surface area contributed by atoms with Crippen LogP contribution in [0.3, 0.4) is 0 Å². The van der Waals surface area contributed by atoms with Crippen molar-refractivity contribution in [3.8, 4) is 22.4 Å². The zero-order valence-electron chi connectivity index (χ0n) is 16.7. The van der Waals surface area contributed by atoms with Gasteiger partial charge in [-0.25, -0.2) is 4.98 Å². The van der Waals surface area contributed by atoms with Gasteiger partial charge in [-0.15, -0.1) is 11.3 Å². The fourth-order valence-electron chi connectivity index (χ4n) is 2.89. The summed E-state index contributed by atoms with van der Waals surface area (Å²) >= 11 is 1.55. The lowest BCUT2D eigenvalue weighted by Crippen LogP contribution is -2.27. The zero-order chi connectivity index (χ0) is 21.3. The number of nitro groups is 1. The van der Waals surface area contributed by atoms with Crippen molar-refractivity contribution >= 4 is 28.5 Å². The van der Waals surface area contributed by atoms with Gasteiger partial charge in [-0.05, 0) is 45.0 Å². The van der Waals surface area contributed by atoms with E-state index in [0.29, 0.717) is 0 Å². The number of benzene rings is 1. The third-order valence-corrected chi connectivity index (χ3v) is 5.18. The van der Waals surface area contributed by atoms with Gasteiger partial charge >= 0.3 is 0 Å². The minimum Gasteiger partial charge on any atom is -0.365 e. The number of anilines is 1. The summed E-state index contributed by atoms with van der Waals surface area (Å²) in [5.41, 5.74) is 2.27. The molecule has 150 valence electrons. The minimum atomic E-state index is -0.420. The molecular formula is C22H19N5O2S. The SMILES string of the molecule is CC(C)(C)Nc1c(-c2ccc(C#Cc3ccc([N+](=O)[O-])cc3)s2)nc2cnccn12. The van der Waals surface area contributed by atoms with Crippen LogP contribution in [0.25, 0.3) is 16.2 Å². The molecule has 0 atom stereocenters. The molecule has 1 aromatic carbocycles. The van der Waals surface area contributed by atoms with E-state index < -0.39 is 4.92 Å². The average molecular weight is 417 g/mol. The summed E-state index contributed by atoms with van der Waals surface area (Å²) in [6, 6.07) is 10.2. The van der Waals surface area contributed by atoms with Gasteiger partial charge in [0, 0.05) is 35.6 Å². The largest absolute Gasteiger partial charge is 0.365 e. The highest BCUT2D eigenvalue weighted by atomic mass is 32.1. The first-order chi connectivity index (χ1) is 14.3. The quantitative estimate of drug-likeness (QED) is 0.289. The number of thiophene rings is 1. The molecule has 0 saturated heterocycles. The number of hydrogen-bond acceptors (Lipinski definition) is 6. The highest BCUT2D eigenvalue weighted by Gasteiger charge is 2.20. The normalized spacial score (nSPS) is 11.2. The lowest BCUT2D eigenvalue weighted by Gasteiger charge is -2.22. The first-order valence-electron chi connectivity index (χ1n) is 9.27. The van der Waals surface area contributed by atoms with E-state index in [0.717, 1.165) is 32.5 Å². The molecule has 0 amide bonds. The third kappa shape index (κ3) is 4.16. The molecule has 0 fully saturated rings. The second kappa shape index (κ2) is 7.61. The van der Waals surface area contributed by atoms with Crippen LogP contribution in [0.4, 0.5) is 11.5 Å². The Balaban J connectivity index is 1.67. The van der Waals surface area contributed by atoms with E-state index >= 15 is 0 Å². The molecule has 0 spiro atoms. The van der Waals surface area contributed by atoms with Crippen molar-refractivity contribution in [2.75, 3.05) is 5.32 Å². The summed E-state index contributed by atoms with van der Waals surface area (Å²) in [4.78, 5) is 21.2. The van der Waals surface area contributed by atoms with Crippen molar-refractivity contribution in [1.82, 2.24) is 14.4 Å². The van der Waals surface area contributed by atoms with Gasteiger partial charge in [-0.3, -0.25) is 19.5 Å². The number of hydrogen-bond donors (Lipinski definition) is 1. The van der Waals surface area contributed by atoms with Crippen LogP contribution in [0, 0.1) is 22.0 Å². The molecule has 8 heteroatoms. The van der Waals surface area contributed by atoms with Crippen molar-refractivity contribution in [2.24, 2.45) is 0 Å². The molecule has 7 nitrogen and oxygen atoms in total. The van der Waals surface area contributed by atoms with Crippen molar-refractivity contribution < 1.29 is 4.92 Å². The Labute approximate surface area is 177 Å². The highest BCUT2D eigenvalue weighted by molar-refractivity contribution is 7.16. The molecule has 0 aliphatic rings. The number of nitrogens with zero attached hydrogens (tertiary/aromatic N) is 4. The molecule has 4 aromatic rings. The molecule has 0 aliphatic heterocycles. The first-order valence-corrected chi connectivity index (χ1v) is 10.1. The summed E-state index contributed by atoms with van der Waals surface area (Å²) in [7, 11) is 0. The topological polar surface area (TPSA) is 85.4 Å². The molecule has 3 heterocycles. The third-order valence-electron chi connectivity index (χ3n) is 4.17. The molecule has 0 saturated carbocycles. The highest BCUT2D eigenvalue weighted by Crippen LogP contribution is 2.34. The Kier molecular flexibility index (Phi) is 4.98. The second-order valence-corrected chi connectivity index (χ2v) is 8.79. The first kappa shape index (κ1) is 19.6. The fraction of sp³-hybridized carbons (Fsp3) is 0.182. The molecule has 4 rings (SSSR count). The van der Waals surface area contributed by atoms with Crippen LogP contribution >= 0.6 is 11.3 Å². The van der Waals surface area contributed by atoms with E-state index in [1.165, 1.54) is 12.1 Å². The van der Waals surface area contributed by atoms with E-state index in [2.05, 4.69) is 42.9 Å². The Hall–Kier alpha value is -3.70. The Morgan fingerprint density at radius 3 is 2.60 bits per heavy atom. The van der Waals surface area contributed by atoms with Crippen LogP contribution in [-0.2, 0) is 0 Å². The van der Waals surface area contributed by atoms with Gasteiger partial charge in [0.2, 0.25) is 0 Å². The smallest absolute Gasteiger partial charge is 0.269 e. The van der Waals surface area contributed by atoms with E-state index in [4.69, 9.17) is 4.98 Å². The Morgan fingerprint density at radius 2 is 1.90 bits per heavy atom. The van der Waals surface area contributed by atoms with E-state index in [9.17, 15) is 10.1 Å². The predicted molar refractivity (Wildman–Crippen MR) is 119 cm³/mol. The van der Waals surface area contributed by atoms with E-state index in [1.54, 1.807) is 35.9 Å². The summed E-state index contributed by atoms with van der Waals surface area (Å²) in [6.45, 7) is 6.31. The molecule has 0 bridgehead atoms. The standard InChI is InChI=1S/C22H19N5O2S/c1-22(2,3)25-21-20(24-19-14-23-12-13-26(19)21)18-11-10-17(30-18)9-6-15-4-7-16(8-5-15)27(28)29/h4-5,7-8,10-14,25H,1-3H3. The molecule has 0 unspecified atom stereocenters. The van der Waals surface area contributed by atoms with Crippen LogP contribution in [0.1, 0.15) is 31.2 Å². The number of rotatable bonds is 3. The van der Waals surface area contributed by atoms with Gasteiger partial charge in [0.25, 0.3) is 5.69 Å². The maximum Gasteiger partial charge on any atom is 0.269 e. The molecule has 0 aliphatic carbocycles. The van der Waals surface area contributed by atoms with Crippen LogP contribution in [0.5, 0.6) is 0 Å². The lowest BCUT2D eigenvalue weighted by atomic mass is 10.1. The maximum absolute atomic E-state index is 10.8. The van der Waals surface area contributed by atoms with Crippen molar-refractivity contribution in [3.63, 3.8) is 0 Å². The van der Waals surface area contributed by atoms with Crippen LogP contribution in [-0.4, -0.2) is 24.8 Å². The van der Waals surface area contributed by atoms with Crippen LogP contribution in [0.15, 0.2) is 55.0 Å². The average Bonchev–Trinajstić information content (AvgIpc) is 3.30. The number of fused-ring (bicyclic) bond motifs is 1. The zero-order valence-corrected chi connectivity index (χ0v) is 17.5. The van der Waals surface area contributed by atoms with Crippen molar-refractivity contribution in [2.45, 2.75) is 26.3 Å². The maximum atomic E-state index is 10.8. The van der Waals surface area contributed by atoms with Gasteiger partial charge in [0.15, 0.2) is 5.65 Å². The van der Waals surface area contributed by atoms with E-state index in [-0.39, 0.29) is 11.2 Å². The molecule has 30 heavy (non-hydrogen) atoms. The van der Waals surface area contributed by atoms with Gasteiger partial charge in [0.1, 0.15) is 11.5 Å². The Morgan fingerprint density at radius 1 is 1.13 bits per heavy atom. The summed E-state index contributed by atoms with van der Waals surface area (Å²) in [5, 5.41) is 14.3. The minimum absolute atomic E-state index is 0.0548. The van der Waals surface area contributed by atoms with Gasteiger partial charge in [0.05, 0.1) is 20.9 Å². The number of imidazole rings is 1. The Bertz CT molecular complexity index is 1290. The van der Waals surface area contributed by atoms with Crippen molar-refractivity contribution in [1.29, 1.82) is 0 Å².